The third-order valence-electron chi connectivity index (χ3n) is 4.21. The van der Waals surface area contributed by atoms with Crippen molar-refractivity contribution in [1.82, 2.24) is 0 Å². The van der Waals surface area contributed by atoms with Crippen LogP contribution in [0.2, 0.25) is 0 Å². The van der Waals surface area contributed by atoms with E-state index in [1.165, 1.54) is 43.6 Å². The second-order valence-electron chi connectivity index (χ2n) is 5.44. The Morgan fingerprint density at radius 3 is 2.83 bits per heavy atom. The van der Waals surface area contributed by atoms with Gasteiger partial charge in [-0.15, -0.1) is 0 Å². The molecule has 18 heavy (non-hydrogen) atoms. The normalized spacial score (nSPS) is 21.9. The van der Waals surface area contributed by atoms with Gasteiger partial charge in [0.15, 0.2) is 0 Å². The monoisotopic (exact) mass is 246 g/mol. The van der Waals surface area contributed by atoms with Crippen LogP contribution in [-0.2, 0) is 0 Å². The van der Waals surface area contributed by atoms with E-state index in [0.717, 1.165) is 12.3 Å². The quantitative estimate of drug-likeness (QED) is 0.877. The predicted molar refractivity (Wildman–Crippen MR) is 78.9 cm³/mol. The number of piperidine rings is 1. The maximum absolute atomic E-state index is 6.24. The van der Waals surface area contributed by atoms with E-state index in [1.54, 1.807) is 0 Å². The minimum absolute atomic E-state index is 0.170. The Balaban J connectivity index is 2.21. The van der Waals surface area contributed by atoms with Crippen LogP contribution < -0.4 is 10.6 Å². The number of para-hydroxylation sites is 1. The highest BCUT2D eigenvalue weighted by molar-refractivity contribution is 5.55. The molecule has 0 saturated carbocycles. The molecule has 1 fully saturated rings. The minimum atomic E-state index is 0.170. The third kappa shape index (κ3) is 2.86. The SMILES string of the molecule is CCC1CCCN(c2ccccc2[C@H](N)CC)C1. The van der Waals surface area contributed by atoms with E-state index in [4.69, 9.17) is 5.73 Å². The van der Waals surface area contributed by atoms with Gasteiger partial charge in [-0.2, -0.15) is 0 Å². The highest BCUT2D eigenvalue weighted by Crippen LogP contribution is 2.30. The Morgan fingerprint density at radius 1 is 1.33 bits per heavy atom. The smallest absolute Gasteiger partial charge is 0.0414 e. The Labute approximate surface area is 111 Å². The van der Waals surface area contributed by atoms with Crippen molar-refractivity contribution in [2.75, 3.05) is 18.0 Å². The molecule has 2 nitrogen and oxygen atoms in total. The molecule has 2 N–H and O–H groups in total. The third-order valence-corrected chi connectivity index (χ3v) is 4.21. The van der Waals surface area contributed by atoms with E-state index in [1.807, 2.05) is 0 Å². The van der Waals surface area contributed by atoms with Crippen LogP contribution in [0, 0.1) is 5.92 Å². The largest absolute Gasteiger partial charge is 0.371 e. The molecule has 0 radical (unpaired) electrons. The molecule has 0 amide bonds. The molecule has 2 heteroatoms. The molecule has 2 atom stereocenters. The molecule has 0 spiro atoms. The van der Waals surface area contributed by atoms with Gasteiger partial charge in [0.2, 0.25) is 0 Å². The number of hydrogen-bond acceptors (Lipinski definition) is 2. The molecular formula is C16H26N2. The van der Waals surface area contributed by atoms with Gasteiger partial charge in [-0.1, -0.05) is 38.5 Å². The van der Waals surface area contributed by atoms with Gasteiger partial charge in [-0.25, -0.2) is 0 Å². The van der Waals surface area contributed by atoms with Crippen molar-refractivity contribution >= 4 is 5.69 Å². The van der Waals surface area contributed by atoms with Crippen LogP contribution in [0.4, 0.5) is 5.69 Å². The van der Waals surface area contributed by atoms with Crippen molar-refractivity contribution in [3.05, 3.63) is 29.8 Å². The molecule has 0 aromatic heterocycles. The Bertz CT molecular complexity index is 375. The molecule has 100 valence electrons. The van der Waals surface area contributed by atoms with Crippen LogP contribution in [0.5, 0.6) is 0 Å². The van der Waals surface area contributed by atoms with Crippen LogP contribution >= 0.6 is 0 Å². The summed E-state index contributed by atoms with van der Waals surface area (Å²) >= 11 is 0. The van der Waals surface area contributed by atoms with Crippen LogP contribution in [-0.4, -0.2) is 13.1 Å². The van der Waals surface area contributed by atoms with Crippen molar-refractivity contribution in [3.63, 3.8) is 0 Å². The zero-order valence-corrected chi connectivity index (χ0v) is 11.7. The van der Waals surface area contributed by atoms with Crippen LogP contribution in [0.15, 0.2) is 24.3 Å². The van der Waals surface area contributed by atoms with Gasteiger partial charge in [-0.05, 0) is 36.8 Å². The second kappa shape index (κ2) is 6.24. The van der Waals surface area contributed by atoms with E-state index < -0.39 is 0 Å². The Morgan fingerprint density at radius 2 is 2.11 bits per heavy atom. The summed E-state index contributed by atoms with van der Waals surface area (Å²) < 4.78 is 0. The first kappa shape index (κ1) is 13.4. The summed E-state index contributed by atoms with van der Waals surface area (Å²) in [5.41, 5.74) is 8.92. The number of benzene rings is 1. The summed E-state index contributed by atoms with van der Waals surface area (Å²) in [7, 11) is 0. The van der Waals surface area contributed by atoms with E-state index in [-0.39, 0.29) is 6.04 Å². The lowest BCUT2D eigenvalue weighted by Gasteiger charge is -2.36. The van der Waals surface area contributed by atoms with Crippen molar-refractivity contribution in [2.45, 2.75) is 45.6 Å². The van der Waals surface area contributed by atoms with Crippen molar-refractivity contribution in [3.8, 4) is 0 Å². The van der Waals surface area contributed by atoms with Crippen molar-refractivity contribution in [2.24, 2.45) is 11.7 Å². The standard InChI is InChI=1S/C16H26N2/c1-3-13-8-7-11-18(12-13)16-10-6-5-9-14(16)15(17)4-2/h5-6,9-10,13,15H,3-4,7-8,11-12,17H2,1-2H3/t13?,15-/m1/s1. The van der Waals surface area contributed by atoms with Gasteiger partial charge in [0, 0.05) is 24.8 Å². The van der Waals surface area contributed by atoms with Gasteiger partial charge in [0.25, 0.3) is 0 Å². The van der Waals surface area contributed by atoms with Gasteiger partial charge in [0.05, 0.1) is 0 Å². The zero-order chi connectivity index (χ0) is 13.0. The highest BCUT2D eigenvalue weighted by atomic mass is 15.1. The molecule has 0 bridgehead atoms. The molecular weight excluding hydrogens is 220 g/mol. The summed E-state index contributed by atoms with van der Waals surface area (Å²) in [5, 5.41) is 0. The Kier molecular flexibility index (Phi) is 4.65. The minimum Gasteiger partial charge on any atom is -0.371 e. The lowest BCUT2D eigenvalue weighted by Crippen LogP contribution is -2.36. The lowest BCUT2D eigenvalue weighted by atomic mass is 9.94. The molecule has 1 aromatic rings. The van der Waals surface area contributed by atoms with E-state index in [0.29, 0.717) is 0 Å². The fraction of sp³-hybridized carbons (Fsp3) is 0.625. The van der Waals surface area contributed by atoms with Gasteiger partial charge in [0.1, 0.15) is 0 Å². The topological polar surface area (TPSA) is 29.3 Å². The summed E-state index contributed by atoms with van der Waals surface area (Å²) in [5.74, 6) is 0.852. The maximum Gasteiger partial charge on any atom is 0.0414 e. The van der Waals surface area contributed by atoms with Gasteiger partial charge in [-0.3, -0.25) is 0 Å². The summed E-state index contributed by atoms with van der Waals surface area (Å²) in [4.78, 5) is 2.54. The molecule has 0 aliphatic carbocycles. The number of rotatable bonds is 4. The van der Waals surface area contributed by atoms with Crippen LogP contribution in [0.3, 0.4) is 0 Å². The molecule has 1 unspecified atom stereocenters. The molecule has 1 heterocycles. The average molecular weight is 246 g/mol. The summed E-state index contributed by atoms with van der Waals surface area (Å²) in [6.07, 6.45) is 4.99. The number of anilines is 1. The lowest BCUT2D eigenvalue weighted by molar-refractivity contribution is 0.404. The second-order valence-corrected chi connectivity index (χ2v) is 5.44. The average Bonchev–Trinajstić information content (AvgIpc) is 2.46. The first-order valence-corrected chi connectivity index (χ1v) is 7.35. The van der Waals surface area contributed by atoms with E-state index in [2.05, 4.69) is 43.0 Å². The molecule has 2 rings (SSSR count). The molecule has 1 aliphatic rings. The van der Waals surface area contributed by atoms with Crippen LogP contribution in [0.25, 0.3) is 0 Å². The summed E-state index contributed by atoms with van der Waals surface area (Å²) in [6.45, 7) is 6.85. The molecule has 1 aliphatic heterocycles. The van der Waals surface area contributed by atoms with Crippen LogP contribution in [0.1, 0.15) is 51.1 Å². The number of nitrogens with two attached hydrogens (primary N) is 1. The first-order chi connectivity index (χ1) is 8.76. The maximum atomic E-state index is 6.24. The highest BCUT2D eigenvalue weighted by Gasteiger charge is 2.21. The number of hydrogen-bond donors (Lipinski definition) is 1. The van der Waals surface area contributed by atoms with Crippen molar-refractivity contribution in [1.29, 1.82) is 0 Å². The predicted octanol–water partition coefficient (Wildman–Crippen LogP) is 3.72. The first-order valence-electron chi connectivity index (χ1n) is 7.35. The fourth-order valence-electron chi connectivity index (χ4n) is 2.93. The van der Waals surface area contributed by atoms with Gasteiger partial charge < -0.3 is 10.6 Å². The molecule has 1 saturated heterocycles. The summed E-state index contributed by atoms with van der Waals surface area (Å²) in [6, 6.07) is 8.84. The Hall–Kier alpha value is -1.02. The fourth-order valence-corrected chi connectivity index (χ4v) is 2.93. The zero-order valence-electron chi connectivity index (χ0n) is 11.7. The molecule has 1 aromatic carbocycles. The van der Waals surface area contributed by atoms with Crippen molar-refractivity contribution < 1.29 is 0 Å². The van der Waals surface area contributed by atoms with E-state index in [9.17, 15) is 0 Å². The van der Waals surface area contributed by atoms with Gasteiger partial charge >= 0.3 is 0 Å². The van der Waals surface area contributed by atoms with E-state index >= 15 is 0 Å². The number of nitrogens with zero attached hydrogens (tertiary/aromatic N) is 1.